The third-order valence-corrected chi connectivity index (χ3v) is 1.85. The predicted octanol–water partition coefficient (Wildman–Crippen LogP) is 0.570. The maximum absolute atomic E-state index is 11.4. The van der Waals surface area contributed by atoms with E-state index in [2.05, 4.69) is 4.98 Å². The Labute approximate surface area is 92.5 Å². The van der Waals surface area contributed by atoms with Crippen molar-refractivity contribution in [2.24, 2.45) is 5.41 Å². The third-order valence-electron chi connectivity index (χ3n) is 1.85. The highest BCUT2D eigenvalue weighted by Crippen LogP contribution is 2.15. The topological polar surface area (TPSA) is 81.4 Å². The first kappa shape index (κ1) is 12.2. The lowest BCUT2D eigenvalue weighted by atomic mass is 9.97. The Morgan fingerprint density at radius 1 is 1.56 bits per heavy atom. The highest BCUT2D eigenvalue weighted by atomic mass is 16.5. The second kappa shape index (κ2) is 4.34. The van der Waals surface area contributed by atoms with Crippen LogP contribution in [0.2, 0.25) is 0 Å². The minimum absolute atomic E-state index is 0.0115. The van der Waals surface area contributed by atoms with E-state index in [0.29, 0.717) is 4.73 Å². The summed E-state index contributed by atoms with van der Waals surface area (Å²) in [6, 6.07) is 0. The molecule has 1 heterocycles. The Balaban J connectivity index is 2.73. The standard InChI is InChI=1S/C10H14N2O4/c1-10(2,3)9(14)16-6-7-8(13)12(15)5-4-11-7/h4-5,15H,6H2,1-3H3. The van der Waals surface area contributed by atoms with Crippen molar-refractivity contribution in [3.8, 4) is 0 Å². The summed E-state index contributed by atoms with van der Waals surface area (Å²) in [5.74, 6) is -0.429. The van der Waals surface area contributed by atoms with E-state index in [9.17, 15) is 9.59 Å². The highest BCUT2D eigenvalue weighted by molar-refractivity contribution is 5.75. The summed E-state index contributed by atoms with van der Waals surface area (Å²) in [6.07, 6.45) is 2.36. The van der Waals surface area contributed by atoms with Gasteiger partial charge in [-0.25, -0.2) is 0 Å². The molecule has 0 saturated carbocycles. The van der Waals surface area contributed by atoms with E-state index in [1.807, 2.05) is 0 Å². The van der Waals surface area contributed by atoms with Gasteiger partial charge in [-0.05, 0) is 20.8 Å². The van der Waals surface area contributed by atoms with E-state index in [0.717, 1.165) is 6.20 Å². The van der Waals surface area contributed by atoms with Gasteiger partial charge in [0, 0.05) is 6.20 Å². The molecular weight excluding hydrogens is 212 g/mol. The van der Waals surface area contributed by atoms with E-state index < -0.39 is 16.9 Å². The minimum Gasteiger partial charge on any atom is -0.459 e. The fraction of sp³-hybridized carbons (Fsp3) is 0.500. The van der Waals surface area contributed by atoms with E-state index in [1.165, 1.54) is 6.20 Å². The molecule has 6 heteroatoms. The third kappa shape index (κ3) is 2.82. The molecule has 88 valence electrons. The van der Waals surface area contributed by atoms with E-state index in [-0.39, 0.29) is 12.3 Å². The normalized spacial score (nSPS) is 11.2. The molecule has 0 unspecified atom stereocenters. The van der Waals surface area contributed by atoms with E-state index in [4.69, 9.17) is 9.94 Å². The summed E-state index contributed by atoms with van der Waals surface area (Å²) < 4.78 is 5.30. The molecule has 6 nitrogen and oxygen atoms in total. The maximum atomic E-state index is 11.4. The van der Waals surface area contributed by atoms with Gasteiger partial charge in [0.1, 0.15) is 12.3 Å². The summed E-state index contributed by atoms with van der Waals surface area (Å²) in [5.41, 5.74) is -1.33. The van der Waals surface area contributed by atoms with Crippen molar-refractivity contribution in [3.63, 3.8) is 0 Å². The molecule has 1 aromatic rings. The quantitative estimate of drug-likeness (QED) is 0.589. The first-order valence-corrected chi connectivity index (χ1v) is 4.75. The molecule has 16 heavy (non-hydrogen) atoms. The summed E-state index contributed by atoms with van der Waals surface area (Å²) >= 11 is 0. The average Bonchev–Trinajstić information content (AvgIpc) is 2.18. The van der Waals surface area contributed by atoms with Gasteiger partial charge < -0.3 is 9.94 Å². The van der Waals surface area contributed by atoms with Gasteiger partial charge in [-0.2, -0.15) is 4.73 Å². The fourth-order valence-corrected chi connectivity index (χ4v) is 0.891. The largest absolute Gasteiger partial charge is 0.459 e. The van der Waals surface area contributed by atoms with Crippen LogP contribution in [0.15, 0.2) is 17.2 Å². The molecule has 1 N–H and O–H groups in total. The minimum atomic E-state index is -0.691. The smallest absolute Gasteiger partial charge is 0.311 e. The van der Waals surface area contributed by atoms with Gasteiger partial charge in [-0.3, -0.25) is 14.6 Å². The zero-order valence-electron chi connectivity index (χ0n) is 9.43. The summed E-state index contributed by atoms with van der Waals surface area (Å²) in [5, 5.41) is 9.05. The molecule has 0 aliphatic rings. The summed E-state index contributed by atoms with van der Waals surface area (Å²) in [4.78, 5) is 26.4. The SMILES string of the molecule is CC(C)(C)C(=O)OCc1nccn(O)c1=O. The van der Waals surface area contributed by atoms with Crippen LogP contribution in [0.25, 0.3) is 0 Å². The monoisotopic (exact) mass is 226 g/mol. The van der Waals surface area contributed by atoms with Crippen LogP contribution >= 0.6 is 0 Å². The zero-order chi connectivity index (χ0) is 12.3. The van der Waals surface area contributed by atoms with Crippen LogP contribution in [0.5, 0.6) is 0 Å². The van der Waals surface area contributed by atoms with Crippen molar-refractivity contribution >= 4 is 5.97 Å². The number of nitrogens with zero attached hydrogens (tertiary/aromatic N) is 2. The van der Waals surface area contributed by atoms with Crippen LogP contribution < -0.4 is 5.56 Å². The van der Waals surface area contributed by atoms with Gasteiger partial charge in [0.25, 0.3) is 0 Å². The first-order chi connectivity index (χ1) is 7.32. The van der Waals surface area contributed by atoms with E-state index >= 15 is 0 Å². The van der Waals surface area contributed by atoms with Gasteiger partial charge in [0.15, 0.2) is 0 Å². The number of ether oxygens (including phenoxy) is 1. The Kier molecular flexibility index (Phi) is 3.31. The van der Waals surface area contributed by atoms with Crippen molar-refractivity contribution in [2.45, 2.75) is 27.4 Å². The molecule has 0 fully saturated rings. The van der Waals surface area contributed by atoms with Crippen LogP contribution in [-0.2, 0) is 16.1 Å². The Bertz CT molecular complexity index is 445. The zero-order valence-corrected chi connectivity index (χ0v) is 9.43. The average molecular weight is 226 g/mol. The van der Waals surface area contributed by atoms with Crippen molar-refractivity contribution in [1.29, 1.82) is 0 Å². The predicted molar refractivity (Wildman–Crippen MR) is 54.9 cm³/mol. The van der Waals surface area contributed by atoms with Crippen molar-refractivity contribution < 1.29 is 14.7 Å². The maximum Gasteiger partial charge on any atom is 0.311 e. The fourth-order valence-electron chi connectivity index (χ4n) is 0.891. The van der Waals surface area contributed by atoms with Crippen molar-refractivity contribution in [1.82, 2.24) is 9.71 Å². The number of rotatable bonds is 2. The van der Waals surface area contributed by atoms with Crippen molar-refractivity contribution in [3.05, 3.63) is 28.4 Å². The molecule has 0 aliphatic carbocycles. The first-order valence-electron chi connectivity index (χ1n) is 4.75. The van der Waals surface area contributed by atoms with Crippen LogP contribution in [0.4, 0.5) is 0 Å². The van der Waals surface area contributed by atoms with Gasteiger partial charge in [-0.1, -0.05) is 0 Å². The Morgan fingerprint density at radius 2 is 2.19 bits per heavy atom. The molecule has 1 rings (SSSR count). The molecule has 0 amide bonds. The molecule has 0 aromatic carbocycles. The van der Waals surface area contributed by atoms with Crippen LogP contribution in [0.3, 0.4) is 0 Å². The molecule has 0 spiro atoms. The van der Waals surface area contributed by atoms with Gasteiger partial charge >= 0.3 is 11.5 Å². The molecule has 0 saturated heterocycles. The lowest BCUT2D eigenvalue weighted by molar-refractivity contribution is -0.154. The number of hydrogen-bond donors (Lipinski definition) is 1. The summed E-state index contributed by atoms with van der Waals surface area (Å²) in [6.45, 7) is 4.88. The number of carbonyl (C=O) groups excluding carboxylic acids is 1. The number of carbonyl (C=O) groups is 1. The highest BCUT2D eigenvalue weighted by Gasteiger charge is 2.23. The molecule has 0 bridgehead atoms. The molecular formula is C10H14N2O4. The second-order valence-electron chi connectivity index (χ2n) is 4.35. The molecule has 0 atom stereocenters. The molecule has 1 aromatic heterocycles. The second-order valence-corrected chi connectivity index (χ2v) is 4.35. The van der Waals surface area contributed by atoms with Crippen LogP contribution in [-0.4, -0.2) is 20.9 Å². The van der Waals surface area contributed by atoms with Gasteiger partial charge in [0.2, 0.25) is 0 Å². The van der Waals surface area contributed by atoms with Gasteiger partial charge in [-0.15, -0.1) is 0 Å². The van der Waals surface area contributed by atoms with E-state index in [1.54, 1.807) is 20.8 Å². The van der Waals surface area contributed by atoms with Crippen LogP contribution in [0.1, 0.15) is 26.5 Å². The van der Waals surface area contributed by atoms with Crippen LogP contribution in [0, 0.1) is 5.41 Å². The lowest BCUT2D eigenvalue weighted by Crippen LogP contribution is -2.27. The lowest BCUT2D eigenvalue weighted by Gasteiger charge is -2.15. The van der Waals surface area contributed by atoms with Gasteiger partial charge in [0.05, 0.1) is 11.6 Å². The Hall–Kier alpha value is -1.85. The number of aromatic nitrogens is 2. The van der Waals surface area contributed by atoms with Crippen molar-refractivity contribution in [2.75, 3.05) is 0 Å². The summed E-state index contributed by atoms with van der Waals surface area (Å²) in [7, 11) is 0. The number of hydrogen-bond acceptors (Lipinski definition) is 5. The molecule has 0 aliphatic heterocycles. The molecule has 0 radical (unpaired) electrons. The Morgan fingerprint density at radius 3 is 2.75 bits per heavy atom. The number of esters is 1.